The molecule has 3 saturated carbocycles. The number of benzene rings is 2. The van der Waals surface area contributed by atoms with Crippen LogP contribution < -0.4 is 14.8 Å². The van der Waals surface area contributed by atoms with Crippen molar-refractivity contribution < 1.29 is 13.2 Å². The number of fused-ring (bicyclic) bond motifs is 3. The highest BCUT2D eigenvalue weighted by molar-refractivity contribution is 7.88. The molecule has 3 atom stereocenters. The van der Waals surface area contributed by atoms with E-state index < -0.39 is 10.0 Å². The van der Waals surface area contributed by atoms with Gasteiger partial charge in [0.15, 0.2) is 5.75 Å². The average Bonchev–Trinajstić information content (AvgIpc) is 3.24. The van der Waals surface area contributed by atoms with E-state index in [4.69, 9.17) is 27.9 Å². The third-order valence-electron chi connectivity index (χ3n) is 7.65. The minimum atomic E-state index is -3.21. The predicted molar refractivity (Wildman–Crippen MR) is 147 cm³/mol. The van der Waals surface area contributed by atoms with Gasteiger partial charge in [-0.05, 0) is 73.9 Å². The van der Waals surface area contributed by atoms with Gasteiger partial charge in [0.2, 0.25) is 10.0 Å². The van der Waals surface area contributed by atoms with Crippen molar-refractivity contribution in [3.05, 3.63) is 58.7 Å². The first kappa shape index (κ1) is 26.3. The predicted octanol–water partition coefficient (Wildman–Crippen LogP) is 5.14. The quantitative estimate of drug-likeness (QED) is 0.353. The van der Waals surface area contributed by atoms with Gasteiger partial charge in [-0.1, -0.05) is 17.7 Å². The standard InChI is InChI=1S/C27H30Cl2N4O3S/c1-16(31-24-14-25(32-37(2,34)35)20-10-19(24)11-20)17-3-4-26-18(9-17)5-7-33(26)22-12-21(15-30)27(23(29)13-22)36-8-6-28/h3-5,7,9,12-13,16,19-20,24-25,31-32H,6,8,10-11,14H2,1-2H3. The maximum Gasteiger partial charge on any atom is 0.208 e. The number of hydrogen-bond acceptors (Lipinski definition) is 5. The highest BCUT2D eigenvalue weighted by atomic mass is 35.5. The Kier molecular flexibility index (Phi) is 7.45. The number of nitrogens with one attached hydrogen (secondary N) is 2. The number of alkyl halides is 1. The van der Waals surface area contributed by atoms with Gasteiger partial charge in [-0.2, -0.15) is 5.26 Å². The third-order valence-corrected chi connectivity index (χ3v) is 8.82. The van der Waals surface area contributed by atoms with Crippen LogP contribution in [-0.4, -0.2) is 43.8 Å². The Bertz CT molecular complexity index is 1460. The molecule has 7 nitrogen and oxygen atoms in total. The maximum absolute atomic E-state index is 11.8. The van der Waals surface area contributed by atoms with E-state index in [1.54, 1.807) is 12.1 Å². The zero-order valence-electron chi connectivity index (χ0n) is 20.7. The first-order chi connectivity index (χ1) is 17.7. The molecule has 0 spiro atoms. The monoisotopic (exact) mass is 560 g/mol. The summed E-state index contributed by atoms with van der Waals surface area (Å²) in [6.07, 6.45) is 6.17. The molecule has 3 aliphatic rings. The number of ether oxygens (including phenoxy) is 1. The molecule has 3 unspecified atom stereocenters. The first-order valence-corrected chi connectivity index (χ1v) is 15.2. The third kappa shape index (κ3) is 5.47. The minimum absolute atomic E-state index is 0.0121. The van der Waals surface area contributed by atoms with Crippen LogP contribution in [0, 0.1) is 23.2 Å². The average molecular weight is 562 g/mol. The molecule has 1 aromatic heterocycles. The van der Waals surface area contributed by atoms with Crippen molar-refractivity contribution in [3.63, 3.8) is 0 Å². The second-order valence-electron chi connectivity index (χ2n) is 10.2. The van der Waals surface area contributed by atoms with Crippen molar-refractivity contribution in [2.24, 2.45) is 11.8 Å². The van der Waals surface area contributed by atoms with Crippen LogP contribution in [0.15, 0.2) is 42.6 Å². The summed E-state index contributed by atoms with van der Waals surface area (Å²) in [7, 11) is -3.21. The Morgan fingerprint density at radius 1 is 1.16 bits per heavy atom. The van der Waals surface area contributed by atoms with Gasteiger partial charge < -0.3 is 14.6 Å². The summed E-state index contributed by atoms with van der Waals surface area (Å²) in [6.45, 7) is 2.42. The van der Waals surface area contributed by atoms with Gasteiger partial charge >= 0.3 is 0 Å². The number of sulfonamides is 1. The fourth-order valence-electron chi connectivity index (χ4n) is 5.81. The number of halogens is 2. The van der Waals surface area contributed by atoms with Gasteiger partial charge in [0, 0.05) is 35.4 Å². The molecule has 0 saturated heterocycles. The Balaban J connectivity index is 1.35. The van der Waals surface area contributed by atoms with Crippen molar-refractivity contribution in [1.29, 1.82) is 5.26 Å². The molecule has 196 valence electrons. The highest BCUT2D eigenvalue weighted by Crippen LogP contribution is 2.46. The minimum Gasteiger partial charge on any atom is -0.489 e. The van der Waals surface area contributed by atoms with E-state index >= 15 is 0 Å². The van der Waals surface area contributed by atoms with Gasteiger partial charge in [0.1, 0.15) is 12.7 Å². The van der Waals surface area contributed by atoms with E-state index in [2.05, 4.69) is 41.2 Å². The Labute approximate surface area is 227 Å². The second-order valence-corrected chi connectivity index (χ2v) is 12.7. The van der Waals surface area contributed by atoms with Gasteiger partial charge in [-0.15, -0.1) is 11.6 Å². The maximum atomic E-state index is 11.8. The Morgan fingerprint density at radius 3 is 2.62 bits per heavy atom. The molecule has 2 bridgehead atoms. The van der Waals surface area contributed by atoms with Crippen LogP contribution in [0.1, 0.15) is 43.4 Å². The molecule has 0 aliphatic heterocycles. The molecule has 3 aliphatic carbocycles. The van der Waals surface area contributed by atoms with Crippen LogP contribution in [0.4, 0.5) is 0 Å². The smallest absolute Gasteiger partial charge is 0.208 e. The Hall–Kier alpha value is -2.28. The zero-order chi connectivity index (χ0) is 26.3. The lowest BCUT2D eigenvalue weighted by Gasteiger charge is -2.52. The number of nitriles is 1. The van der Waals surface area contributed by atoms with Crippen molar-refractivity contribution in [2.75, 3.05) is 18.7 Å². The molecule has 2 N–H and O–H groups in total. The normalized spacial score (nSPS) is 23.9. The van der Waals surface area contributed by atoms with E-state index in [9.17, 15) is 13.7 Å². The van der Waals surface area contributed by atoms with Crippen LogP contribution in [0.2, 0.25) is 5.02 Å². The number of aromatic nitrogens is 1. The molecule has 6 rings (SSSR count). The summed E-state index contributed by atoms with van der Waals surface area (Å²) < 4.78 is 34.0. The fraction of sp³-hybridized carbons (Fsp3) is 0.444. The molecule has 1 heterocycles. The van der Waals surface area contributed by atoms with Crippen LogP contribution in [0.5, 0.6) is 5.75 Å². The summed E-state index contributed by atoms with van der Waals surface area (Å²) >= 11 is 12.2. The molecular formula is C27H30Cl2N4O3S. The van der Waals surface area contributed by atoms with E-state index in [1.165, 1.54) is 11.8 Å². The molecule has 37 heavy (non-hydrogen) atoms. The summed E-state index contributed by atoms with van der Waals surface area (Å²) in [5.74, 6) is 1.72. The van der Waals surface area contributed by atoms with E-state index in [1.807, 2.05) is 16.8 Å². The lowest BCUT2D eigenvalue weighted by molar-refractivity contribution is 0.0424. The van der Waals surface area contributed by atoms with E-state index in [0.29, 0.717) is 34.1 Å². The van der Waals surface area contributed by atoms with Gasteiger partial charge in [0.25, 0.3) is 0 Å². The first-order valence-electron chi connectivity index (χ1n) is 12.4. The number of rotatable bonds is 9. The SMILES string of the molecule is CC(NC1CC(NS(C)(=O)=O)C2CC1C2)c1ccc2c(ccn2-c2cc(Cl)c(OCCCl)c(C#N)c2)c1. The topological polar surface area (TPSA) is 96.2 Å². The van der Waals surface area contributed by atoms with Crippen molar-refractivity contribution in [2.45, 2.75) is 44.3 Å². The molecule has 3 fully saturated rings. The molecule has 3 aromatic rings. The fourth-order valence-corrected chi connectivity index (χ4v) is 6.99. The number of nitrogens with zero attached hydrogens (tertiary/aromatic N) is 2. The Morgan fingerprint density at radius 2 is 1.92 bits per heavy atom. The zero-order valence-corrected chi connectivity index (χ0v) is 23.1. The van der Waals surface area contributed by atoms with Gasteiger partial charge in [-0.25, -0.2) is 13.1 Å². The van der Waals surface area contributed by atoms with E-state index in [-0.39, 0.29) is 24.7 Å². The van der Waals surface area contributed by atoms with Crippen LogP contribution in [-0.2, 0) is 10.0 Å². The molecule has 10 heteroatoms. The van der Waals surface area contributed by atoms with E-state index in [0.717, 1.165) is 35.9 Å². The number of hydrogen-bond donors (Lipinski definition) is 2. The van der Waals surface area contributed by atoms with Crippen molar-refractivity contribution >= 4 is 44.1 Å². The van der Waals surface area contributed by atoms with Crippen LogP contribution in [0.25, 0.3) is 16.6 Å². The summed E-state index contributed by atoms with van der Waals surface area (Å²) in [4.78, 5) is 0. The molecule has 0 radical (unpaired) electrons. The summed E-state index contributed by atoms with van der Waals surface area (Å²) in [5.41, 5.74) is 3.31. The second kappa shape index (κ2) is 10.5. The van der Waals surface area contributed by atoms with Crippen LogP contribution >= 0.6 is 23.2 Å². The van der Waals surface area contributed by atoms with Gasteiger partial charge in [-0.3, -0.25) is 0 Å². The highest BCUT2D eigenvalue weighted by Gasteiger charge is 2.46. The molecular weight excluding hydrogens is 531 g/mol. The molecule has 0 amide bonds. The lowest BCUT2D eigenvalue weighted by atomic mass is 9.60. The molecule has 2 aromatic carbocycles. The largest absolute Gasteiger partial charge is 0.489 e. The van der Waals surface area contributed by atoms with Crippen LogP contribution in [0.3, 0.4) is 0 Å². The van der Waals surface area contributed by atoms with Crippen molar-refractivity contribution in [3.8, 4) is 17.5 Å². The summed E-state index contributed by atoms with van der Waals surface area (Å²) in [6, 6.07) is 14.6. The lowest BCUT2D eigenvalue weighted by Crippen LogP contribution is -2.59. The van der Waals surface area contributed by atoms with Gasteiger partial charge in [0.05, 0.1) is 28.2 Å². The van der Waals surface area contributed by atoms with Crippen molar-refractivity contribution in [1.82, 2.24) is 14.6 Å². The summed E-state index contributed by atoms with van der Waals surface area (Å²) in [5, 5.41) is 14.8.